The fourth-order valence-corrected chi connectivity index (χ4v) is 3.01. The molecule has 0 spiro atoms. The quantitative estimate of drug-likeness (QED) is 0.220. The van der Waals surface area contributed by atoms with Gasteiger partial charge in [0.15, 0.2) is 0 Å². The second kappa shape index (κ2) is 8.36. The van der Waals surface area contributed by atoms with Crippen molar-refractivity contribution in [2.24, 2.45) is 11.7 Å². The van der Waals surface area contributed by atoms with Crippen LogP contribution >= 0.6 is 0 Å². The largest absolute Gasteiger partial charge is 0.477 e. The highest BCUT2D eigenvalue weighted by Crippen LogP contribution is 2.37. The van der Waals surface area contributed by atoms with Crippen molar-refractivity contribution >= 4 is 11.9 Å². The molecule has 1 aliphatic heterocycles. The zero-order valence-electron chi connectivity index (χ0n) is 13.9. The predicted molar refractivity (Wildman–Crippen MR) is 81.9 cm³/mol. The van der Waals surface area contributed by atoms with Crippen LogP contribution in [0.25, 0.3) is 0 Å². The van der Waals surface area contributed by atoms with Crippen LogP contribution in [-0.4, -0.2) is 91.4 Å². The summed E-state index contributed by atoms with van der Waals surface area (Å²) in [4.78, 5) is 23.0. The van der Waals surface area contributed by atoms with E-state index in [0.717, 1.165) is 6.92 Å². The van der Waals surface area contributed by atoms with Crippen LogP contribution in [0.3, 0.4) is 0 Å². The van der Waals surface area contributed by atoms with Crippen LogP contribution in [0.1, 0.15) is 20.3 Å². The fourth-order valence-electron chi connectivity index (χ4n) is 3.01. The number of carbonyl (C=O) groups excluding carboxylic acids is 1. The van der Waals surface area contributed by atoms with E-state index in [9.17, 15) is 35.1 Å². The van der Waals surface area contributed by atoms with Crippen molar-refractivity contribution in [1.29, 1.82) is 0 Å². The topological polar surface area (TPSA) is 203 Å². The molecule has 1 saturated heterocycles. The Morgan fingerprint density at radius 1 is 1.36 bits per heavy atom. The summed E-state index contributed by atoms with van der Waals surface area (Å²) in [5.74, 6) is -6.98. The van der Waals surface area contributed by atoms with Gasteiger partial charge in [-0.25, -0.2) is 4.79 Å². The van der Waals surface area contributed by atoms with E-state index >= 15 is 0 Å². The summed E-state index contributed by atoms with van der Waals surface area (Å²) in [6.45, 7) is 1.82. The lowest BCUT2D eigenvalue weighted by atomic mass is 9.76. The zero-order valence-corrected chi connectivity index (χ0v) is 13.9. The minimum absolute atomic E-state index is 0.181. The first-order chi connectivity index (χ1) is 11.5. The molecule has 1 amide bonds. The summed E-state index contributed by atoms with van der Waals surface area (Å²) in [6.07, 6.45) is -6.91. The average Bonchev–Trinajstić information content (AvgIpc) is 2.55. The molecule has 3 unspecified atom stereocenters. The van der Waals surface area contributed by atoms with Gasteiger partial charge in [0.05, 0.1) is 24.7 Å². The molecule has 8 atom stereocenters. The number of nitrogens with two attached hydrogens (primary N) is 1. The molecule has 11 nitrogen and oxygen atoms in total. The molecule has 1 fully saturated rings. The Balaban J connectivity index is 3.37. The van der Waals surface area contributed by atoms with Gasteiger partial charge in [-0.15, -0.1) is 0 Å². The van der Waals surface area contributed by atoms with Crippen molar-refractivity contribution in [1.82, 2.24) is 5.32 Å². The summed E-state index contributed by atoms with van der Waals surface area (Å²) in [6, 6.07) is -2.39. The van der Waals surface area contributed by atoms with Crippen LogP contribution in [0.2, 0.25) is 0 Å². The number of carbonyl (C=O) groups is 2. The van der Waals surface area contributed by atoms with Gasteiger partial charge in [0.2, 0.25) is 5.91 Å². The van der Waals surface area contributed by atoms with Crippen molar-refractivity contribution in [3.63, 3.8) is 0 Å². The van der Waals surface area contributed by atoms with Crippen molar-refractivity contribution < 1.29 is 45.0 Å². The van der Waals surface area contributed by atoms with Crippen LogP contribution in [0.15, 0.2) is 0 Å². The number of aliphatic hydroxyl groups excluding tert-OH is 4. The van der Waals surface area contributed by atoms with Crippen LogP contribution in [0.4, 0.5) is 0 Å². The van der Waals surface area contributed by atoms with Gasteiger partial charge >= 0.3 is 5.97 Å². The van der Waals surface area contributed by atoms with Crippen molar-refractivity contribution in [3.05, 3.63) is 0 Å². The summed E-state index contributed by atoms with van der Waals surface area (Å²) in [5.41, 5.74) is 5.82. The van der Waals surface area contributed by atoms with E-state index in [4.69, 9.17) is 15.6 Å². The molecule has 25 heavy (non-hydrogen) atoms. The van der Waals surface area contributed by atoms with Gasteiger partial charge in [0.25, 0.3) is 5.79 Å². The SMILES string of the molecule is CCC(N)C1[C@H](O)[C@@H](NC(C)=O)[C@H](C(O)[C@H](O)CO)O[C@@]1(O)C(=O)O. The molecular formula is C14H26N2O9. The molecule has 0 radical (unpaired) electrons. The van der Waals surface area contributed by atoms with Crippen LogP contribution in [0.5, 0.6) is 0 Å². The third kappa shape index (κ3) is 4.26. The highest BCUT2D eigenvalue weighted by atomic mass is 16.7. The minimum atomic E-state index is -2.97. The van der Waals surface area contributed by atoms with E-state index in [1.54, 1.807) is 6.92 Å². The van der Waals surface area contributed by atoms with Crippen molar-refractivity contribution in [2.45, 2.75) is 62.6 Å². The zero-order chi connectivity index (χ0) is 19.5. The number of aliphatic carboxylic acids is 1. The Kier molecular flexibility index (Phi) is 7.26. The number of hydrogen-bond acceptors (Lipinski definition) is 9. The molecule has 1 heterocycles. The number of hydrogen-bond donors (Lipinski definition) is 8. The maximum atomic E-state index is 11.6. The Labute approximate surface area is 144 Å². The normalized spacial score (nSPS) is 36.3. The van der Waals surface area contributed by atoms with E-state index in [1.807, 2.05) is 0 Å². The molecule has 9 N–H and O–H groups in total. The Hall–Kier alpha value is -1.34. The second-order valence-electron chi connectivity index (χ2n) is 6.14. The van der Waals surface area contributed by atoms with Gasteiger partial charge in [-0.3, -0.25) is 4.79 Å². The van der Waals surface area contributed by atoms with E-state index in [0.29, 0.717) is 0 Å². The monoisotopic (exact) mass is 366 g/mol. The van der Waals surface area contributed by atoms with Crippen LogP contribution in [0, 0.1) is 5.92 Å². The maximum Gasteiger partial charge on any atom is 0.364 e. The number of amides is 1. The molecule has 0 aliphatic carbocycles. The molecule has 1 rings (SSSR count). The maximum absolute atomic E-state index is 11.6. The molecule has 146 valence electrons. The first-order valence-corrected chi connectivity index (χ1v) is 7.82. The lowest BCUT2D eigenvalue weighted by molar-refractivity contribution is -0.323. The van der Waals surface area contributed by atoms with Gasteiger partial charge in [0.1, 0.15) is 18.3 Å². The molecule has 1 aliphatic rings. The number of carboxylic acids is 1. The molecular weight excluding hydrogens is 340 g/mol. The Morgan fingerprint density at radius 3 is 2.32 bits per heavy atom. The summed E-state index contributed by atoms with van der Waals surface area (Å²) >= 11 is 0. The van der Waals surface area contributed by atoms with E-state index in [1.165, 1.54) is 0 Å². The molecule has 0 saturated carbocycles. The summed E-state index contributed by atoms with van der Waals surface area (Å²) < 4.78 is 5.12. The summed E-state index contributed by atoms with van der Waals surface area (Å²) in [7, 11) is 0. The lowest BCUT2D eigenvalue weighted by Gasteiger charge is -2.50. The van der Waals surface area contributed by atoms with Crippen molar-refractivity contribution in [3.8, 4) is 0 Å². The lowest BCUT2D eigenvalue weighted by Crippen LogP contribution is -2.73. The first kappa shape index (κ1) is 21.7. The van der Waals surface area contributed by atoms with Crippen LogP contribution < -0.4 is 11.1 Å². The summed E-state index contributed by atoms with van der Waals surface area (Å²) in [5, 5.41) is 61.4. The van der Waals surface area contributed by atoms with E-state index < -0.39 is 66.7 Å². The van der Waals surface area contributed by atoms with E-state index in [-0.39, 0.29) is 6.42 Å². The highest BCUT2D eigenvalue weighted by molar-refractivity contribution is 5.77. The third-order valence-electron chi connectivity index (χ3n) is 4.38. The minimum Gasteiger partial charge on any atom is -0.477 e. The van der Waals surface area contributed by atoms with Crippen molar-refractivity contribution in [2.75, 3.05) is 6.61 Å². The number of carboxylic acid groups (broad SMARTS) is 1. The Morgan fingerprint density at radius 2 is 1.92 bits per heavy atom. The molecule has 0 aromatic heterocycles. The van der Waals surface area contributed by atoms with Crippen LogP contribution in [-0.2, 0) is 14.3 Å². The van der Waals surface area contributed by atoms with Gasteiger partial charge < -0.3 is 46.4 Å². The average molecular weight is 366 g/mol. The number of rotatable bonds is 7. The standard InChI is InChI=1S/C14H26N2O9/c1-3-6(15)8-11(21)9(16-5(2)18)12(10(20)7(19)4-17)25-14(8,24)13(22)23/h6-12,17,19-21,24H,3-4,15H2,1-2H3,(H,16,18)(H,22,23)/t6?,7-,8?,9-,10?,11+,12-,14-/m1/s1. The van der Waals surface area contributed by atoms with Gasteiger partial charge in [-0.05, 0) is 6.42 Å². The third-order valence-corrected chi connectivity index (χ3v) is 4.38. The molecule has 0 aromatic rings. The second-order valence-corrected chi connectivity index (χ2v) is 6.14. The fraction of sp³-hybridized carbons (Fsp3) is 0.857. The smallest absolute Gasteiger partial charge is 0.364 e. The molecule has 11 heteroatoms. The Bertz CT molecular complexity index is 491. The number of nitrogens with one attached hydrogen (secondary N) is 1. The predicted octanol–water partition coefficient (Wildman–Crippen LogP) is -3.91. The van der Waals surface area contributed by atoms with Gasteiger partial charge in [-0.1, -0.05) is 6.92 Å². The number of ether oxygens (including phenoxy) is 1. The van der Waals surface area contributed by atoms with E-state index in [2.05, 4.69) is 5.32 Å². The number of aliphatic hydroxyl groups is 5. The van der Waals surface area contributed by atoms with Gasteiger partial charge in [-0.2, -0.15) is 0 Å². The molecule has 0 aromatic carbocycles. The first-order valence-electron chi connectivity index (χ1n) is 7.82. The molecule has 0 bridgehead atoms. The van der Waals surface area contributed by atoms with Gasteiger partial charge in [0, 0.05) is 13.0 Å². The highest BCUT2D eigenvalue weighted by Gasteiger charge is 2.61.